The van der Waals surface area contributed by atoms with Crippen LogP contribution in [-0.2, 0) is 14.3 Å². The average molecular weight is 323 g/mol. The van der Waals surface area contributed by atoms with Gasteiger partial charge in [0.1, 0.15) is 0 Å². The molecule has 4 heteroatoms. The first-order chi connectivity index (χ1) is 11.5. The first-order valence-corrected chi connectivity index (χ1v) is 7.77. The van der Waals surface area contributed by atoms with Crippen LogP contribution in [0.1, 0.15) is 23.6 Å². The Morgan fingerprint density at radius 3 is 2.46 bits per heavy atom. The van der Waals surface area contributed by atoms with Crippen LogP contribution < -0.4 is 5.32 Å². The summed E-state index contributed by atoms with van der Waals surface area (Å²) in [4.78, 5) is 24.0. The van der Waals surface area contributed by atoms with Gasteiger partial charge in [-0.25, -0.2) is 4.79 Å². The number of aryl methyl sites for hydroxylation is 2. The lowest BCUT2D eigenvalue weighted by Crippen LogP contribution is -2.29. The Bertz CT molecular complexity index is 751. The molecule has 0 radical (unpaired) electrons. The van der Waals surface area contributed by atoms with E-state index in [1.807, 2.05) is 62.4 Å². The number of nitrogens with one attached hydrogen (secondary N) is 1. The second kappa shape index (κ2) is 8.11. The number of benzene rings is 2. The van der Waals surface area contributed by atoms with Crippen molar-refractivity contribution in [3.05, 3.63) is 71.3 Å². The molecular weight excluding hydrogens is 302 g/mol. The molecule has 124 valence electrons. The fraction of sp³-hybridized carbons (Fsp3) is 0.200. The highest BCUT2D eigenvalue weighted by Gasteiger charge is 2.17. The van der Waals surface area contributed by atoms with Crippen LogP contribution >= 0.6 is 0 Å². The Kier molecular flexibility index (Phi) is 5.90. The van der Waals surface area contributed by atoms with E-state index in [1.165, 1.54) is 6.08 Å². The van der Waals surface area contributed by atoms with Gasteiger partial charge in [0.05, 0.1) is 0 Å². The molecule has 1 atom stereocenters. The summed E-state index contributed by atoms with van der Waals surface area (Å²) in [6.07, 6.45) is 2.09. The molecule has 0 fully saturated rings. The molecule has 1 N–H and O–H groups in total. The minimum atomic E-state index is -0.876. The third kappa shape index (κ3) is 5.09. The van der Waals surface area contributed by atoms with Gasteiger partial charge in [0.25, 0.3) is 5.91 Å². The molecule has 0 saturated carbocycles. The van der Waals surface area contributed by atoms with E-state index in [9.17, 15) is 9.59 Å². The first-order valence-electron chi connectivity index (χ1n) is 7.77. The molecule has 0 spiro atoms. The summed E-state index contributed by atoms with van der Waals surface area (Å²) in [5.74, 6) is -0.912. The highest BCUT2D eigenvalue weighted by Crippen LogP contribution is 2.16. The zero-order valence-electron chi connectivity index (χ0n) is 14.1. The van der Waals surface area contributed by atoms with Crippen molar-refractivity contribution in [2.75, 3.05) is 5.32 Å². The van der Waals surface area contributed by atoms with Crippen molar-refractivity contribution in [2.45, 2.75) is 26.9 Å². The third-order valence-electron chi connectivity index (χ3n) is 3.51. The number of carbonyl (C=O) groups is 2. The van der Waals surface area contributed by atoms with Crippen molar-refractivity contribution < 1.29 is 14.3 Å². The Labute approximate surface area is 142 Å². The van der Waals surface area contributed by atoms with E-state index in [0.29, 0.717) is 5.69 Å². The minimum Gasteiger partial charge on any atom is -0.449 e. The van der Waals surface area contributed by atoms with E-state index in [-0.39, 0.29) is 5.91 Å². The molecule has 2 rings (SSSR count). The smallest absolute Gasteiger partial charge is 0.331 e. The van der Waals surface area contributed by atoms with Crippen LogP contribution in [0.2, 0.25) is 0 Å². The Morgan fingerprint density at radius 1 is 1.08 bits per heavy atom. The maximum Gasteiger partial charge on any atom is 0.331 e. The van der Waals surface area contributed by atoms with Crippen LogP contribution in [0.25, 0.3) is 6.08 Å². The van der Waals surface area contributed by atoms with Gasteiger partial charge in [-0.05, 0) is 44.0 Å². The van der Waals surface area contributed by atoms with Gasteiger partial charge in [-0.15, -0.1) is 0 Å². The van der Waals surface area contributed by atoms with Crippen molar-refractivity contribution in [1.29, 1.82) is 0 Å². The van der Waals surface area contributed by atoms with Gasteiger partial charge in [-0.3, -0.25) is 4.79 Å². The Balaban J connectivity index is 1.91. The highest BCUT2D eigenvalue weighted by molar-refractivity contribution is 5.97. The molecule has 0 saturated heterocycles. The molecule has 1 unspecified atom stereocenters. The molecule has 0 aliphatic heterocycles. The number of carbonyl (C=O) groups excluding carboxylic acids is 2. The second-order valence-electron chi connectivity index (χ2n) is 5.63. The summed E-state index contributed by atoms with van der Waals surface area (Å²) >= 11 is 0. The van der Waals surface area contributed by atoms with Crippen molar-refractivity contribution in [3.8, 4) is 0 Å². The van der Waals surface area contributed by atoms with Gasteiger partial charge in [0.15, 0.2) is 6.10 Å². The normalized spacial score (nSPS) is 12.0. The molecule has 24 heavy (non-hydrogen) atoms. The first kappa shape index (κ1) is 17.5. The number of amides is 1. The van der Waals surface area contributed by atoms with Crippen LogP contribution in [0.5, 0.6) is 0 Å². The summed E-state index contributed by atoms with van der Waals surface area (Å²) in [6.45, 7) is 5.46. The van der Waals surface area contributed by atoms with Crippen LogP contribution in [0.3, 0.4) is 0 Å². The second-order valence-corrected chi connectivity index (χ2v) is 5.63. The third-order valence-corrected chi connectivity index (χ3v) is 3.51. The summed E-state index contributed by atoms with van der Waals surface area (Å²) in [5.41, 5.74) is 3.69. The van der Waals surface area contributed by atoms with Crippen molar-refractivity contribution in [3.63, 3.8) is 0 Å². The number of hydrogen-bond acceptors (Lipinski definition) is 3. The van der Waals surface area contributed by atoms with Gasteiger partial charge in [0.2, 0.25) is 0 Å². The standard InChI is InChI=1S/C20H21NO3/c1-14-9-11-18(15(2)13-14)21-20(23)16(3)24-19(22)12-10-17-7-5-4-6-8-17/h4-13,16H,1-3H3,(H,21,23)/b12-10+. The molecule has 2 aromatic rings. The zero-order chi connectivity index (χ0) is 17.5. The lowest BCUT2D eigenvalue weighted by molar-refractivity contribution is -0.148. The molecule has 0 aliphatic rings. The summed E-state index contributed by atoms with van der Waals surface area (Å²) in [7, 11) is 0. The van der Waals surface area contributed by atoms with Crippen LogP contribution in [0, 0.1) is 13.8 Å². The Hall–Kier alpha value is -2.88. The van der Waals surface area contributed by atoms with Gasteiger partial charge in [0, 0.05) is 11.8 Å². The predicted octanol–water partition coefficient (Wildman–Crippen LogP) is 3.89. The Morgan fingerprint density at radius 2 is 1.79 bits per heavy atom. The van der Waals surface area contributed by atoms with Crippen LogP contribution in [0.4, 0.5) is 5.69 Å². The van der Waals surface area contributed by atoms with E-state index in [0.717, 1.165) is 16.7 Å². The maximum atomic E-state index is 12.1. The summed E-state index contributed by atoms with van der Waals surface area (Å²) < 4.78 is 5.13. The quantitative estimate of drug-likeness (QED) is 0.671. The van der Waals surface area contributed by atoms with Gasteiger partial charge in [-0.1, -0.05) is 48.0 Å². The fourth-order valence-corrected chi connectivity index (χ4v) is 2.18. The topological polar surface area (TPSA) is 55.4 Å². The van der Waals surface area contributed by atoms with E-state index in [1.54, 1.807) is 13.0 Å². The molecule has 0 heterocycles. The molecule has 0 aliphatic carbocycles. The summed E-state index contributed by atoms with van der Waals surface area (Å²) in [6, 6.07) is 15.1. The molecule has 4 nitrogen and oxygen atoms in total. The number of ether oxygens (including phenoxy) is 1. The number of hydrogen-bond donors (Lipinski definition) is 1. The predicted molar refractivity (Wildman–Crippen MR) is 95.6 cm³/mol. The largest absolute Gasteiger partial charge is 0.449 e. The minimum absolute atomic E-state index is 0.358. The van der Waals surface area contributed by atoms with E-state index in [4.69, 9.17) is 4.74 Å². The van der Waals surface area contributed by atoms with Gasteiger partial charge < -0.3 is 10.1 Å². The highest BCUT2D eigenvalue weighted by atomic mass is 16.5. The molecule has 2 aromatic carbocycles. The fourth-order valence-electron chi connectivity index (χ4n) is 2.18. The van der Waals surface area contributed by atoms with Crippen LogP contribution in [-0.4, -0.2) is 18.0 Å². The molecule has 1 amide bonds. The van der Waals surface area contributed by atoms with Gasteiger partial charge >= 0.3 is 5.97 Å². The number of anilines is 1. The van der Waals surface area contributed by atoms with E-state index >= 15 is 0 Å². The zero-order valence-corrected chi connectivity index (χ0v) is 14.1. The number of rotatable bonds is 5. The lowest BCUT2D eigenvalue weighted by Gasteiger charge is -2.14. The monoisotopic (exact) mass is 323 g/mol. The SMILES string of the molecule is Cc1ccc(NC(=O)C(C)OC(=O)/C=C/c2ccccc2)c(C)c1. The molecule has 0 bridgehead atoms. The summed E-state index contributed by atoms with van der Waals surface area (Å²) in [5, 5.41) is 2.78. The molecule has 0 aromatic heterocycles. The van der Waals surface area contributed by atoms with Crippen molar-refractivity contribution >= 4 is 23.6 Å². The lowest BCUT2D eigenvalue weighted by atomic mass is 10.1. The number of esters is 1. The van der Waals surface area contributed by atoms with Crippen molar-refractivity contribution in [1.82, 2.24) is 0 Å². The average Bonchev–Trinajstić information content (AvgIpc) is 2.56. The van der Waals surface area contributed by atoms with Crippen molar-refractivity contribution in [2.24, 2.45) is 0 Å². The maximum absolute atomic E-state index is 12.1. The van der Waals surface area contributed by atoms with Crippen LogP contribution in [0.15, 0.2) is 54.6 Å². The molecular formula is C20H21NO3. The van der Waals surface area contributed by atoms with E-state index in [2.05, 4.69) is 5.32 Å². The van der Waals surface area contributed by atoms with Gasteiger partial charge in [-0.2, -0.15) is 0 Å². The van der Waals surface area contributed by atoms with E-state index < -0.39 is 12.1 Å².